The molecule has 1 aliphatic rings. The number of hydrogen-bond donors (Lipinski definition) is 2. The third-order valence-electron chi connectivity index (χ3n) is 6.29. The number of phenols is 1. The van der Waals surface area contributed by atoms with Crippen LogP contribution in [0.25, 0.3) is 0 Å². The molecule has 0 spiro atoms. The molecule has 1 heterocycles. The number of aromatic hydroxyl groups is 1. The monoisotopic (exact) mass is 491 g/mol. The zero-order valence-electron chi connectivity index (χ0n) is 20.0. The molecule has 2 N–H and O–H groups in total. The molecular formula is C31H25NO5. The Bertz CT molecular complexity index is 1430. The Kier molecular flexibility index (Phi) is 6.72. The number of anilines is 1. The number of amides is 1. The molecule has 4 aromatic carbocycles. The van der Waals surface area contributed by atoms with Crippen molar-refractivity contribution < 1.29 is 24.5 Å². The van der Waals surface area contributed by atoms with Gasteiger partial charge in [0.05, 0.1) is 11.6 Å². The summed E-state index contributed by atoms with van der Waals surface area (Å²) in [6.45, 7) is 0. The number of aliphatic hydroxyl groups excluding tert-OH is 1. The van der Waals surface area contributed by atoms with Crippen LogP contribution in [0.3, 0.4) is 0 Å². The van der Waals surface area contributed by atoms with Crippen LogP contribution < -0.4 is 9.64 Å². The Morgan fingerprint density at radius 2 is 1.35 bits per heavy atom. The third kappa shape index (κ3) is 5.09. The predicted molar refractivity (Wildman–Crippen MR) is 141 cm³/mol. The van der Waals surface area contributed by atoms with E-state index >= 15 is 0 Å². The van der Waals surface area contributed by atoms with Crippen LogP contribution >= 0.6 is 0 Å². The maximum absolute atomic E-state index is 13.4. The number of phenolic OH excluding ortho intramolecular Hbond substituents is 1. The van der Waals surface area contributed by atoms with Gasteiger partial charge < -0.3 is 14.9 Å². The van der Waals surface area contributed by atoms with Crippen molar-refractivity contribution in [3.8, 4) is 17.2 Å². The number of Topliss-reactive ketones (excluding diaryl/α,β-unsaturated/α-hetero) is 1. The molecule has 4 aromatic rings. The first-order valence-corrected chi connectivity index (χ1v) is 12.0. The van der Waals surface area contributed by atoms with Gasteiger partial charge in [0.2, 0.25) is 0 Å². The molecule has 37 heavy (non-hydrogen) atoms. The van der Waals surface area contributed by atoms with Gasteiger partial charge in [-0.25, -0.2) is 0 Å². The Balaban J connectivity index is 1.45. The van der Waals surface area contributed by atoms with Crippen LogP contribution in [0.4, 0.5) is 5.69 Å². The summed E-state index contributed by atoms with van der Waals surface area (Å²) in [5, 5.41) is 20.7. The van der Waals surface area contributed by atoms with Crippen molar-refractivity contribution >= 4 is 17.4 Å². The summed E-state index contributed by atoms with van der Waals surface area (Å²) in [6, 6.07) is 31.3. The molecule has 6 nitrogen and oxygen atoms in total. The van der Waals surface area contributed by atoms with E-state index in [2.05, 4.69) is 0 Å². The highest BCUT2D eigenvalue weighted by molar-refractivity contribution is 6.16. The van der Waals surface area contributed by atoms with E-state index in [1.807, 2.05) is 60.7 Å². The minimum Gasteiger partial charge on any atom is -0.508 e. The van der Waals surface area contributed by atoms with Crippen molar-refractivity contribution in [2.75, 3.05) is 4.90 Å². The fourth-order valence-electron chi connectivity index (χ4n) is 4.46. The first kappa shape index (κ1) is 23.9. The molecular weight excluding hydrogens is 466 g/mol. The molecule has 184 valence electrons. The average molecular weight is 492 g/mol. The second-order valence-electron chi connectivity index (χ2n) is 8.75. The Hall–Kier alpha value is -4.84. The van der Waals surface area contributed by atoms with Crippen molar-refractivity contribution in [2.24, 2.45) is 0 Å². The zero-order chi connectivity index (χ0) is 25.8. The van der Waals surface area contributed by atoms with Gasteiger partial charge in [-0.05, 0) is 66.1 Å². The van der Waals surface area contributed by atoms with Gasteiger partial charge in [0.1, 0.15) is 17.2 Å². The molecule has 0 radical (unpaired) electrons. The first-order chi connectivity index (χ1) is 18.0. The number of ketones is 1. The van der Waals surface area contributed by atoms with Crippen LogP contribution in [0.1, 0.15) is 23.6 Å². The summed E-state index contributed by atoms with van der Waals surface area (Å²) in [6.07, 6.45) is 0.626. The van der Waals surface area contributed by atoms with E-state index < -0.39 is 17.7 Å². The topological polar surface area (TPSA) is 87.1 Å². The molecule has 0 fully saturated rings. The fourth-order valence-corrected chi connectivity index (χ4v) is 4.46. The normalized spacial score (nSPS) is 15.2. The quantitative estimate of drug-likeness (QED) is 0.303. The van der Waals surface area contributed by atoms with E-state index in [4.69, 9.17) is 4.74 Å². The van der Waals surface area contributed by atoms with Crippen molar-refractivity contribution in [3.05, 3.63) is 132 Å². The van der Waals surface area contributed by atoms with Crippen LogP contribution in [-0.2, 0) is 16.0 Å². The molecule has 5 rings (SSSR count). The van der Waals surface area contributed by atoms with Crippen molar-refractivity contribution in [1.29, 1.82) is 0 Å². The van der Waals surface area contributed by atoms with E-state index in [1.165, 1.54) is 17.0 Å². The maximum atomic E-state index is 13.4. The minimum atomic E-state index is -0.836. The van der Waals surface area contributed by atoms with Gasteiger partial charge in [0.25, 0.3) is 5.91 Å². The summed E-state index contributed by atoms with van der Waals surface area (Å²) in [7, 11) is 0. The number of rotatable bonds is 8. The number of carbonyl (C=O) groups excluding carboxylic acids is 2. The lowest BCUT2D eigenvalue weighted by atomic mass is 9.93. The molecule has 0 aliphatic carbocycles. The second kappa shape index (κ2) is 10.4. The van der Waals surface area contributed by atoms with Gasteiger partial charge in [-0.2, -0.15) is 0 Å². The van der Waals surface area contributed by atoms with Crippen LogP contribution in [0, 0.1) is 0 Å². The molecule has 1 aliphatic heterocycles. The molecule has 1 unspecified atom stereocenters. The number of para-hydroxylation sites is 1. The summed E-state index contributed by atoms with van der Waals surface area (Å²) >= 11 is 0. The van der Waals surface area contributed by atoms with Gasteiger partial charge in [-0.1, -0.05) is 60.7 Å². The Morgan fingerprint density at radius 1 is 0.757 bits per heavy atom. The largest absolute Gasteiger partial charge is 0.508 e. The van der Waals surface area contributed by atoms with Crippen LogP contribution in [0.15, 0.2) is 121 Å². The van der Waals surface area contributed by atoms with Gasteiger partial charge in [-0.3, -0.25) is 14.5 Å². The summed E-state index contributed by atoms with van der Waals surface area (Å²) in [5.74, 6) is -0.190. The van der Waals surface area contributed by atoms with E-state index in [1.54, 1.807) is 36.4 Å². The van der Waals surface area contributed by atoms with E-state index in [-0.39, 0.29) is 23.5 Å². The number of aliphatic hydroxyl groups is 1. The highest BCUT2D eigenvalue weighted by Crippen LogP contribution is 2.42. The predicted octanol–water partition coefficient (Wildman–Crippen LogP) is 6.29. The molecule has 1 amide bonds. The molecule has 0 saturated heterocycles. The SMILES string of the molecule is O=C(CCc1ccccc1)C1=C(O)C(=O)N(c2ccc(Oc3ccccc3)cc2)C1c1ccc(O)cc1. The van der Waals surface area contributed by atoms with E-state index in [0.29, 0.717) is 29.2 Å². The lowest BCUT2D eigenvalue weighted by Crippen LogP contribution is -2.31. The minimum absolute atomic E-state index is 0.0521. The number of hydrogen-bond acceptors (Lipinski definition) is 5. The summed E-state index contributed by atoms with van der Waals surface area (Å²) < 4.78 is 5.86. The summed E-state index contributed by atoms with van der Waals surface area (Å²) in [4.78, 5) is 28.1. The number of benzene rings is 4. The fraction of sp³-hybridized carbons (Fsp3) is 0.0968. The third-order valence-corrected chi connectivity index (χ3v) is 6.29. The Labute approximate surface area is 214 Å². The summed E-state index contributed by atoms with van der Waals surface area (Å²) in [5.41, 5.74) is 2.15. The highest BCUT2D eigenvalue weighted by atomic mass is 16.5. The molecule has 6 heteroatoms. The molecule has 1 atom stereocenters. The van der Waals surface area contributed by atoms with Gasteiger partial charge in [0.15, 0.2) is 11.5 Å². The lowest BCUT2D eigenvalue weighted by Gasteiger charge is -2.27. The van der Waals surface area contributed by atoms with Gasteiger partial charge in [0, 0.05) is 12.1 Å². The van der Waals surface area contributed by atoms with Gasteiger partial charge in [-0.15, -0.1) is 0 Å². The standard InChI is InChI=1S/C31H25NO5/c33-24-16-12-22(13-17-24)29-28(27(34)20-11-21-7-3-1-4-8-21)30(35)31(36)32(29)23-14-18-26(19-15-23)37-25-9-5-2-6-10-25/h1-10,12-19,29,33,35H,11,20H2. The van der Waals surface area contributed by atoms with Gasteiger partial charge >= 0.3 is 0 Å². The van der Waals surface area contributed by atoms with Crippen LogP contribution in [0.5, 0.6) is 17.2 Å². The van der Waals surface area contributed by atoms with E-state index in [0.717, 1.165) is 5.56 Å². The molecule has 0 aromatic heterocycles. The highest BCUT2D eigenvalue weighted by Gasteiger charge is 2.44. The Morgan fingerprint density at radius 3 is 2.00 bits per heavy atom. The number of nitrogens with zero attached hydrogens (tertiary/aromatic N) is 1. The second-order valence-corrected chi connectivity index (χ2v) is 8.75. The maximum Gasteiger partial charge on any atom is 0.294 e. The van der Waals surface area contributed by atoms with Crippen LogP contribution in [-0.4, -0.2) is 21.9 Å². The molecule has 0 bridgehead atoms. The van der Waals surface area contributed by atoms with E-state index in [9.17, 15) is 19.8 Å². The van der Waals surface area contributed by atoms with Crippen LogP contribution in [0.2, 0.25) is 0 Å². The zero-order valence-corrected chi connectivity index (χ0v) is 20.0. The number of ether oxygens (including phenoxy) is 1. The lowest BCUT2D eigenvalue weighted by molar-refractivity contribution is -0.118. The number of carbonyl (C=O) groups is 2. The smallest absolute Gasteiger partial charge is 0.294 e. The number of aryl methyl sites for hydroxylation is 1. The van der Waals surface area contributed by atoms with Crippen molar-refractivity contribution in [1.82, 2.24) is 0 Å². The van der Waals surface area contributed by atoms with Crippen molar-refractivity contribution in [3.63, 3.8) is 0 Å². The first-order valence-electron chi connectivity index (χ1n) is 12.0. The molecule has 0 saturated carbocycles. The average Bonchev–Trinajstić information content (AvgIpc) is 3.19. The van der Waals surface area contributed by atoms with Crippen molar-refractivity contribution in [2.45, 2.75) is 18.9 Å².